The van der Waals surface area contributed by atoms with Gasteiger partial charge in [-0.2, -0.15) is 0 Å². The second-order valence-electron chi connectivity index (χ2n) is 4.56. The molecule has 7 heteroatoms. The van der Waals surface area contributed by atoms with Crippen LogP contribution in [0.4, 0.5) is 5.69 Å². The van der Waals surface area contributed by atoms with E-state index in [-0.39, 0.29) is 9.92 Å². The van der Waals surface area contributed by atoms with Crippen LogP contribution in [0.25, 0.3) is 10.9 Å². The molecule has 0 spiro atoms. The summed E-state index contributed by atoms with van der Waals surface area (Å²) in [5.74, 6) is 0. The van der Waals surface area contributed by atoms with Gasteiger partial charge >= 0.3 is 0 Å². The molecule has 1 N–H and O–H groups in total. The third-order valence-electron chi connectivity index (χ3n) is 3.06. The summed E-state index contributed by atoms with van der Waals surface area (Å²) in [7, 11) is -3.83. The summed E-state index contributed by atoms with van der Waals surface area (Å²) >= 11 is 11.8. The second kappa shape index (κ2) is 5.76. The Bertz CT molecular complexity index is 953. The Balaban J connectivity index is 2.07. The summed E-state index contributed by atoms with van der Waals surface area (Å²) < 4.78 is 27.5. The lowest BCUT2D eigenvalue weighted by molar-refractivity contribution is 0.601. The number of anilines is 1. The maximum Gasteiger partial charge on any atom is 0.263 e. The molecule has 0 radical (unpaired) electrons. The largest absolute Gasteiger partial charge is 0.277 e. The van der Waals surface area contributed by atoms with Crippen molar-refractivity contribution in [3.05, 3.63) is 64.8 Å². The van der Waals surface area contributed by atoms with E-state index < -0.39 is 10.0 Å². The SMILES string of the molecule is O=S(=O)(Nc1cccc2cccnc12)c1ccc(Cl)cc1Cl. The highest BCUT2D eigenvalue weighted by Crippen LogP contribution is 2.28. The highest BCUT2D eigenvalue weighted by Gasteiger charge is 2.19. The lowest BCUT2D eigenvalue weighted by atomic mass is 10.2. The number of benzene rings is 2. The number of aromatic nitrogens is 1. The number of fused-ring (bicyclic) bond motifs is 1. The second-order valence-corrected chi connectivity index (χ2v) is 7.06. The molecule has 0 atom stereocenters. The van der Waals surface area contributed by atoms with Crippen LogP contribution in [0.5, 0.6) is 0 Å². The van der Waals surface area contributed by atoms with Crippen LogP contribution in [0.15, 0.2) is 59.6 Å². The van der Waals surface area contributed by atoms with Crippen LogP contribution in [0.3, 0.4) is 0 Å². The molecule has 0 saturated heterocycles. The van der Waals surface area contributed by atoms with Crippen molar-refractivity contribution in [3.8, 4) is 0 Å². The van der Waals surface area contributed by atoms with Gasteiger partial charge in [-0.1, -0.05) is 41.4 Å². The van der Waals surface area contributed by atoms with Crippen molar-refractivity contribution < 1.29 is 8.42 Å². The predicted molar refractivity (Wildman–Crippen MR) is 89.0 cm³/mol. The summed E-state index contributed by atoms with van der Waals surface area (Å²) in [6, 6.07) is 13.1. The molecule has 0 unspecified atom stereocenters. The molecular formula is C15H10Cl2N2O2S. The van der Waals surface area contributed by atoms with E-state index in [1.165, 1.54) is 18.2 Å². The number of hydrogen-bond acceptors (Lipinski definition) is 3. The van der Waals surface area contributed by atoms with Crippen molar-refractivity contribution in [3.63, 3.8) is 0 Å². The Kier molecular flexibility index (Phi) is 3.95. The van der Waals surface area contributed by atoms with Crippen molar-refractivity contribution in [1.82, 2.24) is 4.98 Å². The lowest BCUT2D eigenvalue weighted by Gasteiger charge is -2.11. The van der Waals surface area contributed by atoms with Gasteiger partial charge in [0, 0.05) is 16.6 Å². The molecular weight excluding hydrogens is 343 g/mol. The van der Waals surface area contributed by atoms with Crippen LogP contribution in [-0.2, 0) is 10.0 Å². The Morgan fingerprint density at radius 3 is 2.55 bits per heavy atom. The minimum Gasteiger partial charge on any atom is -0.277 e. The van der Waals surface area contributed by atoms with Crippen molar-refractivity contribution in [2.45, 2.75) is 4.90 Å². The molecule has 22 heavy (non-hydrogen) atoms. The molecule has 0 aliphatic carbocycles. The molecule has 0 aliphatic rings. The van der Waals surface area contributed by atoms with Gasteiger partial charge in [-0.15, -0.1) is 0 Å². The molecule has 112 valence electrons. The summed E-state index contributed by atoms with van der Waals surface area (Å²) in [6.07, 6.45) is 1.61. The van der Waals surface area contributed by atoms with E-state index in [1.54, 1.807) is 24.4 Å². The number of nitrogens with zero attached hydrogens (tertiary/aromatic N) is 1. The van der Waals surface area contributed by atoms with Crippen molar-refractivity contribution in [2.75, 3.05) is 4.72 Å². The van der Waals surface area contributed by atoms with E-state index in [0.717, 1.165) is 5.39 Å². The Hall–Kier alpha value is -1.82. The maximum absolute atomic E-state index is 12.5. The quantitative estimate of drug-likeness (QED) is 0.762. The van der Waals surface area contributed by atoms with Gasteiger partial charge in [0.25, 0.3) is 10.0 Å². The number of hydrogen-bond donors (Lipinski definition) is 1. The van der Waals surface area contributed by atoms with Crippen LogP contribution in [0.1, 0.15) is 0 Å². The fourth-order valence-corrected chi connectivity index (χ4v) is 3.92. The van der Waals surface area contributed by atoms with Gasteiger partial charge in [0.2, 0.25) is 0 Å². The smallest absolute Gasteiger partial charge is 0.263 e. The third-order valence-corrected chi connectivity index (χ3v) is 5.14. The molecule has 0 saturated carbocycles. The van der Waals surface area contributed by atoms with Gasteiger partial charge < -0.3 is 0 Å². The average molecular weight is 353 g/mol. The lowest BCUT2D eigenvalue weighted by Crippen LogP contribution is -2.14. The molecule has 4 nitrogen and oxygen atoms in total. The van der Waals surface area contributed by atoms with Gasteiger partial charge in [0.15, 0.2) is 0 Å². The van der Waals surface area contributed by atoms with E-state index in [4.69, 9.17) is 23.2 Å². The number of nitrogens with one attached hydrogen (secondary N) is 1. The maximum atomic E-state index is 12.5. The molecule has 2 aromatic carbocycles. The summed E-state index contributed by atoms with van der Waals surface area (Å²) in [4.78, 5) is 4.18. The van der Waals surface area contributed by atoms with E-state index >= 15 is 0 Å². The minimum absolute atomic E-state index is 0.0356. The number of pyridine rings is 1. The molecule has 1 heterocycles. The standard InChI is InChI=1S/C15H10Cl2N2O2S/c16-11-6-7-14(12(17)9-11)22(20,21)19-13-5-1-3-10-4-2-8-18-15(10)13/h1-9,19H. The van der Waals surface area contributed by atoms with E-state index in [9.17, 15) is 8.42 Å². The molecule has 0 bridgehead atoms. The molecule has 3 rings (SSSR count). The Morgan fingerprint density at radius 2 is 1.77 bits per heavy atom. The van der Waals surface area contributed by atoms with Crippen molar-refractivity contribution >= 4 is 49.8 Å². The number of para-hydroxylation sites is 1. The van der Waals surface area contributed by atoms with E-state index in [2.05, 4.69) is 9.71 Å². The van der Waals surface area contributed by atoms with Crippen molar-refractivity contribution in [1.29, 1.82) is 0 Å². The fraction of sp³-hybridized carbons (Fsp3) is 0. The van der Waals surface area contributed by atoms with Crippen LogP contribution >= 0.6 is 23.2 Å². The third kappa shape index (κ3) is 2.88. The zero-order valence-electron chi connectivity index (χ0n) is 11.1. The highest BCUT2D eigenvalue weighted by atomic mass is 35.5. The van der Waals surface area contributed by atoms with Crippen molar-refractivity contribution in [2.24, 2.45) is 0 Å². The average Bonchev–Trinajstić information content (AvgIpc) is 2.47. The number of halogens is 2. The summed E-state index contributed by atoms with van der Waals surface area (Å²) in [5, 5.41) is 1.27. The first-order valence-electron chi connectivity index (χ1n) is 6.29. The van der Waals surface area contributed by atoms with Gasteiger partial charge in [-0.25, -0.2) is 8.42 Å². The minimum atomic E-state index is -3.83. The van der Waals surface area contributed by atoms with Gasteiger partial charge in [-0.05, 0) is 30.3 Å². The fourth-order valence-electron chi connectivity index (χ4n) is 2.08. The predicted octanol–water partition coefficient (Wildman–Crippen LogP) is 4.34. The number of sulfonamides is 1. The monoisotopic (exact) mass is 352 g/mol. The first kappa shape index (κ1) is 15.1. The van der Waals surface area contributed by atoms with E-state index in [1.807, 2.05) is 12.1 Å². The molecule has 3 aromatic rings. The molecule has 0 amide bonds. The van der Waals surface area contributed by atoms with Crippen LogP contribution in [0, 0.1) is 0 Å². The van der Waals surface area contributed by atoms with Gasteiger partial charge in [0.1, 0.15) is 4.90 Å². The van der Waals surface area contributed by atoms with Crippen LogP contribution in [0.2, 0.25) is 10.0 Å². The summed E-state index contributed by atoms with van der Waals surface area (Å²) in [6.45, 7) is 0. The van der Waals surface area contributed by atoms with Crippen LogP contribution in [-0.4, -0.2) is 13.4 Å². The molecule has 1 aromatic heterocycles. The zero-order valence-corrected chi connectivity index (χ0v) is 13.5. The first-order chi connectivity index (χ1) is 10.5. The van der Waals surface area contributed by atoms with Crippen LogP contribution < -0.4 is 4.72 Å². The van der Waals surface area contributed by atoms with Gasteiger partial charge in [0.05, 0.1) is 16.2 Å². The highest BCUT2D eigenvalue weighted by molar-refractivity contribution is 7.92. The topological polar surface area (TPSA) is 59.1 Å². The molecule has 0 aliphatic heterocycles. The van der Waals surface area contributed by atoms with E-state index in [0.29, 0.717) is 16.2 Å². The first-order valence-corrected chi connectivity index (χ1v) is 8.53. The summed E-state index contributed by atoms with van der Waals surface area (Å²) in [5.41, 5.74) is 0.961. The normalized spacial score (nSPS) is 11.5. The number of rotatable bonds is 3. The molecule has 0 fully saturated rings. The zero-order chi connectivity index (χ0) is 15.7. The van der Waals surface area contributed by atoms with Gasteiger partial charge in [-0.3, -0.25) is 9.71 Å². The Morgan fingerprint density at radius 1 is 1.00 bits per heavy atom. The Labute approximate surface area is 137 Å².